The first kappa shape index (κ1) is 15.9. The summed E-state index contributed by atoms with van der Waals surface area (Å²) in [6.07, 6.45) is 14.6. The van der Waals surface area contributed by atoms with Gasteiger partial charge in [-0.05, 0) is 38.1 Å². The van der Waals surface area contributed by atoms with E-state index in [0.29, 0.717) is 12.5 Å². The van der Waals surface area contributed by atoms with Crippen molar-refractivity contribution in [2.24, 2.45) is 16.5 Å². The van der Waals surface area contributed by atoms with Gasteiger partial charge in [-0.3, -0.25) is 0 Å². The van der Waals surface area contributed by atoms with E-state index in [9.17, 15) is 0 Å². The molecule has 0 aromatic rings. The molecule has 3 aliphatic rings. The Labute approximate surface area is 134 Å². The van der Waals surface area contributed by atoms with Crippen molar-refractivity contribution >= 4 is 5.90 Å². The smallest absolute Gasteiger partial charge is 0.233 e. The summed E-state index contributed by atoms with van der Waals surface area (Å²) in [5, 5.41) is 7.73. The minimum absolute atomic E-state index is 0.135. The first-order valence-corrected chi connectivity index (χ1v) is 9.08. The highest BCUT2D eigenvalue weighted by molar-refractivity contribution is 5.85. The molecule has 1 aliphatic carbocycles. The van der Waals surface area contributed by atoms with Gasteiger partial charge in [0.2, 0.25) is 5.90 Å². The summed E-state index contributed by atoms with van der Waals surface area (Å²) in [7, 11) is 0. The molecule has 2 aliphatic heterocycles. The Kier molecular flexibility index (Phi) is 5.40. The molecule has 3 rings (SSSR count). The summed E-state index contributed by atoms with van der Waals surface area (Å²) < 4.78 is 6.17. The highest BCUT2D eigenvalue weighted by atomic mass is 16.7. The number of nitrogens with zero attached hydrogens (tertiary/aromatic N) is 1. The summed E-state index contributed by atoms with van der Waals surface area (Å²) in [5.74, 6) is 1.56. The van der Waals surface area contributed by atoms with Crippen molar-refractivity contribution in [2.75, 3.05) is 19.7 Å². The zero-order chi connectivity index (χ0) is 15.3. The lowest BCUT2D eigenvalue weighted by Gasteiger charge is -2.45. The van der Waals surface area contributed by atoms with Crippen LogP contribution in [-0.4, -0.2) is 31.7 Å². The van der Waals surface area contributed by atoms with E-state index in [4.69, 9.17) is 9.57 Å². The van der Waals surface area contributed by atoms with Gasteiger partial charge >= 0.3 is 0 Å². The minimum Gasteiger partial charge on any atom is -0.471 e. The van der Waals surface area contributed by atoms with Crippen LogP contribution in [0.2, 0.25) is 0 Å². The van der Waals surface area contributed by atoms with Gasteiger partial charge in [0.1, 0.15) is 6.10 Å². The monoisotopic (exact) mass is 306 g/mol. The summed E-state index contributed by atoms with van der Waals surface area (Å²) >= 11 is 0. The molecule has 22 heavy (non-hydrogen) atoms. The Morgan fingerprint density at radius 1 is 1.32 bits per heavy atom. The lowest BCUT2D eigenvalue weighted by atomic mass is 9.62. The van der Waals surface area contributed by atoms with Crippen LogP contribution in [0.5, 0.6) is 0 Å². The van der Waals surface area contributed by atoms with Gasteiger partial charge in [0.15, 0.2) is 6.61 Å². The van der Waals surface area contributed by atoms with E-state index >= 15 is 0 Å². The molecule has 0 aromatic heterocycles. The fraction of sp³-hybridized carbons (Fsp3) is 0.833. The molecule has 2 heterocycles. The Morgan fingerprint density at radius 2 is 2.27 bits per heavy atom. The van der Waals surface area contributed by atoms with Crippen molar-refractivity contribution in [1.29, 1.82) is 0 Å². The van der Waals surface area contributed by atoms with Crippen LogP contribution in [0.4, 0.5) is 0 Å². The summed E-state index contributed by atoms with van der Waals surface area (Å²) in [4.78, 5) is 5.47. The second-order valence-electron chi connectivity index (χ2n) is 7.01. The van der Waals surface area contributed by atoms with Crippen LogP contribution in [0.15, 0.2) is 17.3 Å². The molecule has 1 saturated carbocycles. The van der Waals surface area contributed by atoms with E-state index in [0.717, 1.165) is 25.4 Å². The highest BCUT2D eigenvalue weighted by Gasteiger charge is 2.56. The minimum atomic E-state index is 0.135. The molecule has 0 radical (unpaired) electrons. The molecule has 124 valence electrons. The molecule has 0 aromatic carbocycles. The molecule has 0 amide bonds. The van der Waals surface area contributed by atoms with Crippen LogP contribution < -0.4 is 5.32 Å². The number of oxime groups is 1. The zero-order valence-electron chi connectivity index (χ0n) is 13.9. The van der Waals surface area contributed by atoms with Crippen molar-refractivity contribution in [1.82, 2.24) is 5.32 Å². The van der Waals surface area contributed by atoms with E-state index in [1.165, 1.54) is 44.9 Å². The van der Waals surface area contributed by atoms with Gasteiger partial charge in [-0.25, -0.2) is 0 Å². The predicted molar refractivity (Wildman–Crippen MR) is 88.8 cm³/mol. The number of hydrogen-bond acceptors (Lipinski definition) is 4. The maximum absolute atomic E-state index is 6.17. The van der Waals surface area contributed by atoms with E-state index < -0.39 is 0 Å². The van der Waals surface area contributed by atoms with Crippen LogP contribution in [-0.2, 0) is 9.57 Å². The number of ether oxygens (including phenoxy) is 1. The summed E-state index contributed by atoms with van der Waals surface area (Å²) in [6.45, 7) is 4.93. The highest BCUT2D eigenvalue weighted by Crippen LogP contribution is 2.51. The third kappa shape index (κ3) is 3.32. The van der Waals surface area contributed by atoms with Gasteiger partial charge in [0.05, 0.1) is 5.41 Å². The normalized spacial score (nSPS) is 33.8. The SMILES string of the molecule is CCCCCC/C=C/CC1CON=C([C@]23CC[C@H]2CNC3)O1. The van der Waals surface area contributed by atoms with E-state index in [2.05, 4.69) is 29.5 Å². The van der Waals surface area contributed by atoms with Gasteiger partial charge in [-0.2, -0.15) is 0 Å². The van der Waals surface area contributed by atoms with Crippen LogP contribution in [0.25, 0.3) is 0 Å². The number of fused-ring (bicyclic) bond motifs is 1. The quantitative estimate of drug-likeness (QED) is 0.550. The Balaban J connectivity index is 1.41. The average Bonchev–Trinajstić information content (AvgIpc) is 2.82. The number of unbranched alkanes of at least 4 members (excludes halogenated alkanes) is 4. The van der Waals surface area contributed by atoms with Crippen molar-refractivity contribution < 1.29 is 9.57 Å². The van der Waals surface area contributed by atoms with E-state index in [1.54, 1.807) is 0 Å². The lowest BCUT2D eigenvalue weighted by Crippen LogP contribution is -2.50. The number of rotatable bonds is 8. The Morgan fingerprint density at radius 3 is 3.05 bits per heavy atom. The lowest BCUT2D eigenvalue weighted by molar-refractivity contribution is -0.0171. The van der Waals surface area contributed by atoms with Gasteiger partial charge in [-0.1, -0.05) is 43.5 Å². The first-order valence-electron chi connectivity index (χ1n) is 9.08. The molecular weight excluding hydrogens is 276 g/mol. The second kappa shape index (κ2) is 7.49. The average molecular weight is 306 g/mol. The van der Waals surface area contributed by atoms with Crippen LogP contribution in [0, 0.1) is 11.3 Å². The van der Waals surface area contributed by atoms with Crippen LogP contribution >= 0.6 is 0 Å². The third-order valence-electron chi connectivity index (χ3n) is 5.45. The summed E-state index contributed by atoms with van der Waals surface area (Å²) in [5.41, 5.74) is 0.141. The fourth-order valence-electron chi connectivity index (χ4n) is 3.83. The third-order valence-corrected chi connectivity index (χ3v) is 5.45. The van der Waals surface area contributed by atoms with Crippen molar-refractivity contribution in [2.45, 2.75) is 64.4 Å². The topological polar surface area (TPSA) is 42.8 Å². The zero-order valence-corrected chi connectivity index (χ0v) is 13.9. The van der Waals surface area contributed by atoms with Crippen LogP contribution in [0.1, 0.15) is 58.3 Å². The molecule has 0 bridgehead atoms. The molecule has 2 fully saturated rings. The van der Waals surface area contributed by atoms with Gasteiger partial charge < -0.3 is 14.9 Å². The first-order chi connectivity index (χ1) is 10.8. The predicted octanol–water partition coefficient (Wildman–Crippen LogP) is 3.63. The fourth-order valence-corrected chi connectivity index (χ4v) is 3.83. The van der Waals surface area contributed by atoms with E-state index in [1.807, 2.05) is 0 Å². The number of hydrogen-bond donors (Lipinski definition) is 1. The van der Waals surface area contributed by atoms with Gasteiger partial charge in [0, 0.05) is 13.0 Å². The van der Waals surface area contributed by atoms with Gasteiger partial charge in [-0.15, -0.1) is 0 Å². The summed E-state index contributed by atoms with van der Waals surface area (Å²) in [6, 6.07) is 0. The number of allylic oxidation sites excluding steroid dienone is 1. The molecule has 4 heteroatoms. The molecule has 4 nitrogen and oxygen atoms in total. The number of nitrogens with one attached hydrogen (secondary N) is 1. The second-order valence-corrected chi connectivity index (χ2v) is 7.01. The molecular formula is C18H30N2O2. The standard InChI is InChI=1S/C18H30N2O2/c1-2-3-4-5-6-7-8-9-16-13-21-20-17(22-16)18-11-10-15(18)12-19-14-18/h7-8,15-16,19H,2-6,9-14H2,1H3/b8-7+/t15-,16?,18-/m0/s1. The molecule has 0 spiro atoms. The molecule has 1 saturated heterocycles. The van der Waals surface area contributed by atoms with Crippen molar-refractivity contribution in [3.63, 3.8) is 0 Å². The Bertz CT molecular complexity index is 421. The molecule has 3 atom stereocenters. The van der Waals surface area contributed by atoms with Crippen molar-refractivity contribution in [3.05, 3.63) is 12.2 Å². The van der Waals surface area contributed by atoms with Gasteiger partial charge in [0.25, 0.3) is 0 Å². The van der Waals surface area contributed by atoms with Crippen molar-refractivity contribution in [3.8, 4) is 0 Å². The maximum Gasteiger partial charge on any atom is 0.233 e. The molecule has 1 N–H and O–H groups in total. The van der Waals surface area contributed by atoms with E-state index in [-0.39, 0.29) is 11.5 Å². The largest absolute Gasteiger partial charge is 0.471 e. The maximum atomic E-state index is 6.17. The Hall–Kier alpha value is -1.03. The van der Waals surface area contributed by atoms with Crippen LogP contribution in [0.3, 0.4) is 0 Å². The molecule has 1 unspecified atom stereocenters.